The van der Waals surface area contributed by atoms with Crippen molar-refractivity contribution in [1.29, 1.82) is 0 Å². The van der Waals surface area contributed by atoms with Gasteiger partial charge in [-0.2, -0.15) is 0 Å². The Bertz CT molecular complexity index is 1310. The highest BCUT2D eigenvalue weighted by Crippen LogP contribution is 2.28. The van der Waals surface area contributed by atoms with Crippen LogP contribution in [0.25, 0.3) is 34.0 Å². The summed E-state index contributed by atoms with van der Waals surface area (Å²) in [7, 11) is 3.58. The van der Waals surface area contributed by atoms with Gasteiger partial charge in [0.1, 0.15) is 11.4 Å². The molecule has 0 amide bonds. The van der Waals surface area contributed by atoms with Gasteiger partial charge >= 0.3 is 0 Å². The van der Waals surface area contributed by atoms with E-state index in [1.54, 1.807) is 36.2 Å². The second-order valence-corrected chi connectivity index (χ2v) is 8.17. The zero-order valence-corrected chi connectivity index (χ0v) is 19.9. The molecule has 0 fully saturated rings. The molecule has 0 saturated carbocycles. The Morgan fingerprint density at radius 1 is 1.12 bits per heavy atom. The summed E-state index contributed by atoms with van der Waals surface area (Å²) >= 11 is 0. The summed E-state index contributed by atoms with van der Waals surface area (Å²) in [4.78, 5) is 21.7. The van der Waals surface area contributed by atoms with Gasteiger partial charge in [0.2, 0.25) is 0 Å². The largest absolute Gasteiger partial charge is 0.380 e. The molecule has 8 nitrogen and oxygen atoms in total. The maximum absolute atomic E-state index is 12.4. The predicted octanol–water partition coefficient (Wildman–Crippen LogP) is 4.08. The van der Waals surface area contributed by atoms with Crippen LogP contribution in [0.2, 0.25) is 0 Å². The number of rotatable bonds is 9. The van der Waals surface area contributed by atoms with E-state index in [2.05, 4.69) is 27.6 Å². The summed E-state index contributed by atoms with van der Waals surface area (Å²) in [6, 6.07) is 13.4. The molecular formula is C26H29N5O3. The van der Waals surface area contributed by atoms with Crippen LogP contribution < -0.4 is 10.9 Å². The van der Waals surface area contributed by atoms with E-state index in [0.29, 0.717) is 23.7 Å². The van der Waals surface area contributed by atoms with E-state index in [-0.39, 0.29) is 11.7 Å². The molecule has 3 heterocycles. The first-order chi connectivity index (χ1) is 16.5. The second kappa shape index (κ2) is 10.5. The van der Waals surface area contributed by atoms with E-state index in [1.165, 1.54) is 5.56 Å². The number of aryl methyl sites for hydroxylation is 1. The third-order valence-electron chi connectivity index (χ3n) is 5.80. The third-order valence-corrected chi connectivity index (χ3v) is 5.80. The maximum atomic E-state index is 12.4. The van der Waals surface area contributed by atoms with Crippen molar-refractivity contribution in [3.63, 3.8) is 0 Å². The highest BCUT2D eigenvalue weighted by Gasteiger charge is 2.16. The molecule has 0 spiro atoms. The number of methoxy groups -OCH3 is 1. The molecule has 8 heteroatoms. The van der Waals surface area contributed by atoms with E-state index in [0.717, 1.165) is 35.5 Å². The summed E-state index contributed by atoms with van der Waals surface area (Å²) in [5.41, 5.74) is 5.59. The van der Waals surface area contributed by atoms with Gasteiger partial charge in [0, 0.05) is 43.1 Å². The zero-order chi connectivity index (χ0) is 24.1. The molecule has 4 rings (SSSR count). The summed E-state index contributed by atoms with van der Waals surface area (Å²) < 4.78 is 12.7. The average Bonchev–Trinajstić information content (AvgIpc) is 3.35. The standard InChI is InChI=1S/C26H29N5O3/c1-5-21(33-4)16-31-15-20(10-11-25(31)32)23-14-28-17(2)26(29-23)24-12-22(30-34-24)19-8-6-18(7-9-19)13-27-3/h6-12,14-15,21,27H,5,13,16H2,1-4H3. The molecule has 0 saturated heterocycles. The molecule has 1 aromatic carbocycles. The zero-order valence-electron chi connectivity index (χ0n) is 19.9. The van der Waals surface area contributed by atoms with Crippen LogP contribution in [-0.2, 0) is 17.8 Å². The van der Waals surface area contributed by atoms with Crippen molar-refractivity contribution in [3.8, 4) is 34.0 Å². The normalized spacial score (nSPS) is 12.1. The Morgan fingerprint density at radius 3 is 2.59 bits per heavy atom. The molecule has 0 radical (unpaired) electrons. The van der Waals surface area contributed by atoms with Crippen molar-refractivity contribution in [2.75, 3.05) is 14.2 Å². The molecule has 0 aliphatic carbocycles. The van der Waals surface area contributed by atoms with E-state index in [1.807, 2.05) is 39.1 Å². The van der Waals surface area contributed by atoms with Gasteiger partial charge in [0.05, 0.1) is 30.2 Å². The number of nitrogens with one attached hydrogen (secondary N) is 1. The fourth-order valence-corrected chi connectivity index (χ4v) is 3.76. The van der Waals surface area contributed by atoms with E-state index < -0.39 is 0 Å². The molecule has 0 aliphatic heterocycles. The van der Waals surface area contributed by atoms with Crippen LogP contribution in [0.15, 0.2) is 64.2 Å². The van der Waals surface area contributed by atoms with Crippen molar-refractivity contribution in [1.82, 2.24) is 25.0 Å². The molecule has 1 N–H and O–H groups in total. The molecule has 4 aromatic rings. The number of hydrogen-bond donors (Lipinski definition) is 1. The van der Waals surface area contributed by atoms with Gasteiger partial charge in [-0.25, -0.2) is 4.98 Å². The van der Waals surface area contributed by atoms with Gasteiger partial charge in [0.25, 0.3) is 5.56 Å². The molecule has 1 atom stereocenters. The average molecular weight is 460 g/mol. The van der Waals surface area contributed by atoms with Crippen molar-refractivity contribution < 1.29 is 9.26 Å². The van der Waals surface area contributed by atoms with Crippen molar-refractivity contribution in [2.24, 2.45) is 0 Å². The lowest BCUT2D eigenvalue weighted by molar-refractivity contribution is 0.0838. The van der Waals surface area contributed by atoms with Crippen molar-refractivity contribution >= 4 is 0 Å². The molecule has 0 bridgehead atoms. The number of nitrogens with zero attached hydrogens (tertiary/aromatic N) is 4. The first kappa shape index (κ1) is 23.5. The molecule has 1 unspecified atom stereocenters. The minimum Gasteiger partial charge on any atom is -0.380 e. The molecule has 34 heavy (non-hydrogen) atoms. The topological polar surface area (TPSA) is 95.1 Å². The second-order valence-electron chi connectivity index (χ2n) is 8.17. The Kier molecular flexibility index (Phi) is 7.30. The molecule has 0 aliphatic rings. The quantitative estimate of drug-likeness (QED) is 0.403. The Morgan fingerprint density at radius 2 is 1.88 bits per heavy atom. The van der Waals surface area contributed by atoms with Gasteiger partial charge in [-0.05, 0) is 32.0 Å². The Hall–Kier alpha value is -3.62. The predicted molar refractivity (Wildman–Crippen MR) is 131 cm³/mol. The van der Waals surface area contributed by atoms with Gasteiger partial charge < -0.3 is 19.1 Å². The van der Waals surface area contributed by atoms with Crippen LogP contribution in [0, 0.1) is 6.92 Å². The van der Waals surface area contributed by atoms with Gasteiger partial charge in [-0.1, -0.05) is 36.3 Å². The van der Waals surface area contributed by atoms with Crippen LogP contribution in [0.5, 0.6) is 0 Å². The lowest BCUT2D eigenvalue weighted by atomic mass is 10.1. The van der Waals surface area contributed by atoms with Crippen molar-refractivity contribution in [2.45, 2.75) is 39.5 Å². The number of hydrogen-bond acceptors (Lipinski definition) is 7. The lowest BCUT2D eigenvalue weighted by Crippen LogP contribution is -2.26. The monoisotopic (exact) mass is 459 g/mol. The maximum Gasteiger partial charge on any atom is 0.250 e. The Labute approximate surface area is 198 Å². The number of aromatic nitrogens is 4. The van der Waals surface area contributed by atoms with Crippen LogP contribution >= 0.6 is 0 Å². The number of ether oxygens (including phenoxy) is 1. The lowest BCUT2D eigenvalue weighted by Gasteiger charge is -2.15. The van der Waals surface area contributed by atoms with Crippen molar-refractivity contribution in [3.05, 3.63) is 76.5 Å². The fraction of sp³-hybridized carbons (Fsp3) is 0.308. The van der Waals surface area contributed by atoms with Crippen LogP contribution in [0.1, 0.15) is 24.6 Å². The molecular weight excluding hydrogens is 430 g/mol. The summed E-state index contributed by atoms with van der Waals surface area (Å²) in [6.07, 6.45) is 4.28. The smallest absolute Gasteiger partial charge is 0.250 e. The SMILES string of the molecule is CCC(Cn1cc(-c2cnc(C)c(-c3cc(-c4ccc(CNC)cc4)no3)n2)ccc1=O)OC. The fourth-order valence-electron chi connectivity index (χ4n) is 3.76. The number of pyridine rings is 1. The molecule has 176 valence electrons. The highest BCUT2D eigenvalue weighted by molar-refractivity contribution is 5.68. The minimum atomic E-state index is -0.0832. The summed E-state index contributed by atoms with van der Waals surface area (Å²) in [6.45, 7) is 5.20. The van der Waals surface area contributed by atoms with E-state index >= 15 is 0 Å². The highest BCUT2D eigenvalue weighted by atomic mass is 16.5. The summed E-state index contributed by atoms with van der Waals surface area (Å²) in [5, 5.41) is 7.38. The first-order valence-electron chi connectivity index (χ1n) is 11.3. The van der Waals surface area contributed by atoms with Crippen LogP contribution in [0.4, 0.5) is 0 Å². The minimum absolute atomic E-state index is 0.0347. The number of benzene rings is 1. The third kappa shape index (κ3) is 5.13. The summed E-state index contributed by atoms with van der Waals surface area (Å²) in [5.74, 6) is 0.542. The van der Waals surface area contributed by atoms with Gasteiger partial charge in [-0.3, -0.25) is 9.78 Å². The first-order valence-corrected chi connectivity index (χ1v) is 11.3. The van der Waals surface area contributed by atoms with Gasteiger partial charge in [-0.15, -0.1) is 0 Å². The van der Waals surface area contributed by atoms with Crippen LogP contribution in [-0.4, -0.2) is 40.0 Å². The Balaban J connectivity index is 1.64. The van der Waals surface area contributed by atoms with E-state index in [4.69, 9.17) is 14.2 Å². The van der Waals surface area contributed by atoms with E-state index in [9.17, 15) is 4.79 Å². The van der Waals surface area contributed by atoms with Gasteiger partial charge in [0.15, 0.2) is 5.76 Å². The molecule has 3 aromatic heterocycles. The van der Waals surface area contributed by atoms with Crippen LogP contribution in [0.3, 0.4) is 0 Å².